The summed E-state index contributed by atoms with van der Waals surface area (Å²) >= 11 is 0. The number of hydrogen-bond donors (Lipinski definition) is 2. The SMILES string of the molecule is CNC(=O)C1(OC(N)=O)CCOCC1. The fraction of sp³-hybridized carbons (Fsp3) is 0.750. The fourth-order valence-corrected chi connectivity index (χ4v) is 1.50. The van der Waals surface area contributed by atoms with Crippen LogP contribution < -0.4 is 11.1 Å². The van der Waals surface area contributed by atoms with Gasteiger partial charge in [-0.25, -0.2) is 4.79 Å². The maximum absolute atomic E-state index is 11.5. The molecule has 0 aromatic heterocycles. The third-order valence-electron chi connectivity index (χ3n) is 2.24. The summed E-state index contributed by atoms with van der Waals surface area (Å²) in [5, 5.41) is 2.45. The molecule has 0 radical (unpaired) electrons. The average Bonchev–Trinajstić information content (AvgIpc) is 2.17. The lowest BCUT2D eigenvalue weighted by Crippen LogP contribution is -2.53. The summed E-state index contributed by atoms with van der Waals surface area (Å²) < 4.78 is 9.97. The maximum atomic E-state index is 11.5. The van der Waals surface area contributed by atoms with Gasteiger partial charge in [-0.3, -0.25) is 4.79 Å². The standard InChI is InChI=1S/C8H14N2O4/c1-10-6(11)8(14-7(9)12)2-4-13-5-3-8/h2-5H2,1H3,(H2,9,12)(H,10,11). The summed E-state index contributed by atoms with van der Waals surface area (Å²) in [6.45, 7) is 0.779. The fourth-order valence-electron chi connectivity index (χ4n) is 1.50. The van der Waals surface area contributed by atoms with E-state index < -0.39 is 11.7 Å². The molecule has 0 spiro atoms. The molecule has 6 nitrogen and oxygen atoms in total. The van der Waals surface area contributed by atoms with E-state index in [4.69, 9.17) is 15.2 Å². The molecule has 0 aliphatic carbocycles. The van der Waals surface area contributed by atoms with Gasteiger partial charge in [-0.05, 0) is 0 Å². The first-order valence-corrected chi connectivity index (χ1v) is 4.39. The molecule has 1 fully saturated rings. The lowest BCUT2D eigenvalue weighted by molar-refractivity contribution is -0.148. The number of likely N-dealkylation sites (N-methyl/N-ethyl adjacent to an activating group) is 1. The van der Waals surface area contributed by atoms with Gasteiger partial charge in [0.2, 0.25) is 0 Å². The molecular formula is C8H14N2O4. The van der Waals surface area contributed by atoms with Gasteiger partial charge in [0.05, 0.1) is 13.2 Å². The third-order valence-corrected chi connectivity index (χ3v) is 2.24. The molecule has 2 amide bonds. The lowest BCUT2D eigenvalue weighted by atomic mass is 9.93. The summed E-state index contributed by atoms with van der Waals surface area (Å²) in [6, 6.07) is 0. The van der Waals surface area contributed by atoms with Crippen molar-refractivity contribution in [3.8, 4) is 0 Å². The Morgan fingerprint density at radius 2 is 2.00 bits per heavy atom. The summed E-state index contributed by atoms with van der Waals surface area (Å²) in [5.41, 5.74) is 3.78. The number of amides is 2. The largest absolute Gasteiger partial charge is 0.433 e. The van der Waals surface area contributed by atoms with E-state index in [2.05, 4.69) is 5.32 Å². The van der Waals surface area contributed by atoms with E-state index in [1.165, 1.54) is 7.05 Å². The Balaban J connectivity index is 2.76. The molecule has 1 saturated heterocycles. The van der Waals surface area contributed by atoms with Crippen molar-refractivity contribution in [3.05, 3.63) is 0 Å². The van der Waals surface area contributed by atoms with Crippen molar-refractivity contribution in [3.63, 3.8) is 0 Å². The molecule has 1 aliphatic heterocycles. The van der Waals surface area contributed by atoms with Crippen molar-refractivity contribution in [2.24, 2.45) is 5.73 Å². The van der Waals surface area contributed by atoms with Crippen LogP contribution >= 0.6 is 0 Å². The van der Waals surface area contributed by atoms with Crippen LogP contribution in [0.3, 0.4) is 0 Å². The molecule has 1 heterocycles. The molecule has 1 rings (SSSR count). The van der Waals surface area contributed by atoms with E-state index in [1.807, 2.05) is 0 Å². The molecule has 0 atom stereocenters. The van der Waals surface area contributed by atoms with Gasteiger partial charge in [-0.15, -0.1) is 0 Å². The zero-order valence-corrected chi connectivity index (χ0v) is 8.04. The van der Waals surface area contributed by atoms with Gasteiger partial charge >= 0.3 is 6.09 Å². The van der Waals surface area contributed by atoms with Gasteiger partial charge in [0.15, 0.2) is 5.60 Å². The third kappa shape index (κ3) is 2.14. The molecule has 0 unspecified atom stereocenters. The summed E-state index contributed by atoms with van der Waals surface area (Å²) in [6.07, 6.45) is -0.249. The van der Waals surface area contributed by atoms with Crippen molar-refractivity contribution in [2.75, 3.05) is 20.3 Å². The summed E-state index contributed by atoms with van der Waals surface area (Å²) in [7, 11) is 1.49. The minimum absolute atomic E-state index is 0.334. The highest BCUT2D eigenvalue weighted by molar-refractivity contribution is 5.87. The second-order valence-electron chi connectivity index (χ2n) is 3.11. The van der Waals surface area contributed by atoms with Gasteiger partial charge in [-0.1, -0.05) is 0 Å². The van der Waals surface area contributed by atoms with E-state index >= 15 is 0 Å². The monoisotopic (exact) mass is 202 g/mol. The van der Waals surface area contributed by atoms with Crippen LogP contribution in [0.2, 0.25) is 0 Å². The zero-order chi connectivity index (χ0) is 10.6. The molecule has 0 aromatic carbocycles. The van der Waals surface area contributed by atoms with Crippen molar-refractivity contribution < 1.29 is 19.1 Å². The molecule has 0 bridgehead atoms. The number of rotatable bonds is 2. The van der Waals surface area contributed by atoms with Crippen molar-refractivity contribution in [2.45, 2.75) is 18.4 Å². The van der Waals surface area contributed by atoms with Crippen LogP contribution in [0.25, 0.3) is 0 Å². The smallest absolute Gasteiger partial charge is 0.405 e. The highest BCUT2D eigenvalue weighted by atomic mass is 16.6. The highest BCUT2D eigenvalue weighted by Gasteiger charge is 2.43. The van der Waals surface area contributed by atoms with Gasteiger partial charge in [0, 0.05) is 19.9 Å². The van der Waals surface area contributed by atoms with Crippen LogP contribution in [0.4, 0.5) is 4.79 Å². The van der Waals surface area contributed by atoms with E-state index in [-0.39, 0.29) is 5.91 Å². The Labute approximate surface area is 81.7 Å². The molecule has 1 aliphatic rings. The topological polar surface area (TPSA) is 90.6 Å². The van der Waals surface area contributed by atoms with Crippen LogP contribution in [0.1, 0.15) is 12.8 Å². The minimum atomic E-state index is -1.14. The van der Waals surface area contributed by atoms with Crippen molar-refractivity contribution in [1.82, 2.24) is 5.32 Å². The molecule has 3 N–H and O–H groups in total. The Kier molecular flexibility index (Phi) is 3.29. The quantitative estimate of drug-likeness (QED) is 0.624. The van der Waals surface area contributed by atoms with Gasteiger partial charge in [0.1, 0.15) is 0 Å². The first-order chi connectivity index (χ1) is 6.60. The Hall–Kier alpha value is -1.30. The number of carbonyl (C=O) groups is 2. The zero-order valence-electron chi connectivity index (χ0n) is 8.04. The lowest BCUT2D eigenvalue weighted by Gasteiger charge is -2.33. The number of carbonyl (C=O) groups excluding carboxylic acids is 2. The van der Waals surface area contributed by atoms with Crippen LogP contribution in [0.15, 0.2) is 0 Å². The highest BCUT2D eigenvalue weighted by Crippen LogP contribution is 2.25. The average molecular weight is 202 g/mol. The molecule has 0 saturated carbocycles. The van der Waals surface area contributed by atoms with Gasteiger partial charge in [0.25, 0.3) is 5.91 Å². The predicted octanol–water partition coefficient (Wildman–Crippen LogP) is -0.623. The Morgan fingerprint density at radius 3 is 2.43 bits per heavy atom. The van der Waals surface area contributed by atoms with Crippen LogP contribution in [-0.4, -0.2) is 37.9 Å². The molecule has 0 aromatic rings. The van der Waals surface area contributed by atoms with E-state index in [0.29, 0.717) is 26.1 Å². The first-order valence-electron chi connectivity index (χ1n) is 4.39. The summed E-state index contributed by atoms with van der Waals surface area (Å²) in [5.74, 6) is -0.334. The maximum Gasteiger partial charge on any atom is 0.405 e. The molecule has 6 heteroatoms. The number of nitrogens with two attached hydrogens (primary N) is 1. The molecule has 80 valence electrons. The molecular weight excluding hydrogens is 188 g/mol. The van der Waals surface area contributed by atoms with Crippen molar-refractivity contribution >= 4 is 12.0 Å². The number of ether oxygens (including phenoxy) is 2. The van der Waals surface area contributed by atoms with Crippen LogP contribution in [0, 0.1) is 0 Å². The number of hydrogen-bond acceptors (Lipinski definition) is 4. The van der Waals surface area contributed by atoms with Crippen LogP contribution in [-0.2, 0) is 14.3 Å². The first kappa shape index (κ1) is 10.8. The van der Waals surface area contributed by atoms with E-state index in [0.717, 1.165) is 0 Å². The van der Waals surface area contributed by atoms with E-state index in [9.17, 15) is 9.59 Å². The van der Waals surface area contributed by atoms with Crippen molar-refractivity contribution in [1.29, 1.82) is 0 Å². The Morgan fingerprint density at radius 1 is 1.43 bits per heavy atom. The van der Waals surface area contributed by atoms with Gasteiger partial charge in [-0.2, -0.15) is 0 Å². The second kappa shape index (κ2) is 4.28. The number of nitrogens with one attached hydrogen (secondary N) is 1. The van der Waals surface area contributed by atoms with Gasteiger partial charge < -0.3 is 20.5 Å². The minimum Gasteiger partial charge on any atom is -0.433 e. The normalized spacial score (nSPS) is 19.8. The van der Waals surface area contributed by atoms with E-state index in [1.54, 1.807) is 0 Å². The molecule has 14 heavy (non-hydrogen) atoms. The Bertz CT molecular complexity index is 235. The van der Waals surface area contributed by atoms with Crippen LogP contribution in [0.5, 0.6) is 0 Å². The summed E-state index contributed by atoms with van der Waals surface area (Å²) in [4.78, 5) is 22.2. The predicted molar refractivity (Wildman–Crippen MR) is 47.5 cm³/mol. The number of primary amides is 1. The second-order valence-corrected chi connectivity index (χ2v) is 3.11.